The first-order valence-electron chi connectivity index (χ1n) is 21.3. The summed E-state index contributed by atoms with van der Waals surface area (Å²) in [4.78, 5) is 2.39. The maximum atomic E-state index is 2.45. The van der Waals surface area contributed by atoms with E-state index in [2.05, 4.69) is 252 Å². The van der Waals surface area contributed by atoms with Crippen LogP contribution in [0.1, 0.15) is 0 Å². The average molecular weight is 789 g/mol. The van der Waals surface area contributed by atoms with Crippen molar-refractivity contribution in [1.82, 2.24) is 4.57 Å². The molecule has 62 heavy (non-hydrogen) atoms. The van der Waals surface area contributed by atoms with Crippen LogP contribution in [0.3, 0.4) is 0 Å². The predicted octanol–water partition coefficient (Wildman–Crippen LogP) is 16.7. The second-order valence-electron chi connectivity index (χ2n) is 16.1. The van der Waals surface area contributed by atoms with Gasteiger partial charge < -0.3 is 9.47 Å². The number of aromatic nitrogens is 1. The molecule has 1 heterocycles. The van der Waals surface area contributed by atoms with Gasteiger partial charge in [-0.3, -0.25) is 0 Å². The molecule has 2 heteroatoms. The Morgan fingerprint density at radius 1 is 0.242 bits per heavy atom. The van der Waals surface area contributed by atoms with Gasteiger partial charge in [-0.25, -0.2) is 0 Å². The van der Waals surface area contributed by atoms with Crippen molar-refractivity contribution in [3.8, 4) is 39.1 Å². The zero-order valence-corrected chi connectivity index (χ0v) is 34.0. The molecular formula is C60H40N2. The second kappa shape index (κ2) is 14.8. The number of fused-ring (bicyclic) bond motifs is 9. The Morgan fingerprint density at radius 3 is 1.31 bits per heavy atom. The van der Waals surface area contributed by atoms with Crippen LogP contribution in [0.15, 0.2) is 243 Å². The van der Waals surface area contributed by atoms with Gasteiger partial charge in [0.15, 0.2) is 0 Å². The van der Waals surface area contributed by atoms with E-state index in [4.69, 9.17) is 0 Å². The number of anilines is 3. The average Bonchev–Trinajstić information content (AvgIpc) is 3.68. The van der Waals surface area contributed by atoms with Crippen LogP contribution in [0.2, 0.25) is 0 Å². The van der Waals surface area contributed by atoms with Crippen molar-refractivity contribution in [3.05, 3.63) is 243 Å². The minimum atomic E-state index is 1.09. The molecule has 0 radical (unpaired) electrons. The van der Waals surface area contributed by atoms with E-state index in [9.17, 15) is 0 Å². The van der Waals surface area contributed by atoms with E-state index in [-0.39, 0.29) is 0 Å². The van der Waals surface area contributed by atoms with Gasteiger partial charge >= 0.3 is 0 Å². The van der Waals surface area contributed by atoms with E-state index in [1.807, 2.05) is 0 Å². The predicted molar refractivity (Wildman–Crippen MR) is 264 cm³/mol. The topological polar surface area (TPSA) is 8.17 Å². The fraction of sp³-hybridized carbons (Fsp3) is 0. The van der Waals surface area contributed by atoms with Crippen LogP contribution >= 0.6 is 0 Å². The normalized spacial score (nSPS) is 11.5. The summed E-state index contributed by atoms with van der Waals surface area (Å²) >= 11 is 0. The number of benzene rings is 11. The fourth-order valence-electron chi connectivity index (χ4n) is 9.66. The van der Waals surface area contributed by atoms with Gasteiger partial charge in [-0.2, -0.15) is 0 Å². The molecule has 2 nitrogen and oxygen atoms in total. The molecule has 0 saturated heterocycles. The molecule has 12 aromatic rings. The Balaban J connectivity index is 1.01. The van der Waals surface area contributed by atoms with Crippen molar-refractivity contribution < 1.29 is 0 Å². The molecule has 0 aliphatic rings. The highest BCUT2D eigenvalue weighted by atomic mass is 15.1. The van der Waals surface area contributed by atoms with Crippen LogP contribution < -0.4 is 4.90 Å². The van der Waals surface area contributed by atoms with Gasteiger partial charge in [-0.1, -0.05) is 188 Å². The summed E-state index contributed by atoms with van der Waals surface area (Å²) < 4.78 is 2.45. The van der Waals surface area contributed by atoms with E-state index in [0.717, 1.165) is 28.3 Å². The quantitative estimate of drug-likeness (QED) is 0.146. The minimum Gasteiger partial charge on any atom is -0.310 e. The van der Waals surface area contributed by atoms with Crippen LogP contribution in [0.4, 0.5) is 17.1 Å². The van der Waals surface area contributed by atoms with Gasteiger partial charge in [0.1, 0.15) is 0 Å². The lowest BCUT2D eigenvalue weighted by atomic mass is 9.94. The third-order valence-electron chi connectivity index (χ3n) is 12.6. The van der Waals surface area contributed by atoms with E-state index >= 15 is 0 Å². The Morgan fingerprint density at radius 2 is 0.661 bits per heavy atom. The minimum absolute atomic E-state index is 1.09. The molecule has 0 atom stereocenters. The van der Waals surface area contributed by atoms with Gasteiger partial charge in [0.25, 0.3) is 0 Å². The molecule has 0 aliphatic carbocycles. The molecule has 11 aromatic carbocycles. The molecule has 0 bridgehead atoms. The highest BCUT2D eigenvalue weighted by molar-refractivity contribution is 6.25. The molecule has 0 aliphatic heterocycles. The smallest absolute Gasteiger partial charge is 0.0547 e. The van der Waals surface area contributed by atoms with Gasteiger partial charge in [-0.05, 0) is 115 Å². The Hall–Kier alpha value is -8.20. The first-order chi connectivity index (χ1) is 30.8. The Labute approximate surface area is 360 Å². The van der Waals surface area contributed by atoms with Gasteiger partial charge in [-0.15, -0.1) is 0 Å². The summed E-state index contributed by atoms with van der Waals surface area (Å²) in [5, 5.41) is 10.1. The third-order valence-corrected chi connectivity index (χ3v) is 12.6. The number of rotatable bonds is 7. The number of hydrogen-bond acceptors (Lipinski definition) is 1. The number of hydrogen-bond donors (Lipinski definition) is 0. The third kappa shape index (κ3) is 5.96. The highest BCUT2D eigenvalue weighted by Gasteiger charge is 2.19. The summed E-state index contributed by atoms with van der Waals surface area (Å²) in [5.74, 6) is 0. The SMILES string of the molecule is c1ccc(-c2ccc(N(c3ccc(-c4ccccc4-n4c5ccccc5c5ccc(-c6ccccc6)cc54)cc3)c3ccc4c5ccccc5c5ccccc5c4c3)cc2)cc1. The van der Waals surface area contributed by atoms with Crippen LogP contribution in [0, 0.1) is 0 Å². The molecular weight excluding hydrogens is 749 g/mol. The highest BCUT2D eigenvalue weighted by Crippen LogP contribution is 2.43. The van der Waals surface area contributed by atoms with Crippen LogP contribution in [-0.2, 0) is 0 Å². The molecule has 0 saturated carbocycles. The standard InChI is InChI=1S/C60H40N2/c1-3-15-41(16-4-1)43-27-32-46(33-28-43)61(48-36-38-54-52-22-8-7-20-50(52)51-21-9-10-23-53(51)57(54)40-48)47-34-29-44(30-35-47)49-19-11-13-25-58(49)62-59-26-14-12-24-55(59)56-37-31-45(39-60(56)62)42-17-5-2-6-18-42/h1-40H. The van der Waals surface area contributed by atoms with Crippen molar-refractivity contribution in [2.75, 3.05) is 4.90 Å². The molecule has 1 aromatic heterocycles. The molecule has 0 fully saturated rings. The lowest BCUT2D eigenvalue weighted by Gasteiger charge is -2.27. The lowest BCUT2D eigenvalue weighted by molar-refractivity contribution is 1.18. The van der Waals surface area contributed by atoms with Crippen molar-refractivity contribution in [3.63, 3.8) is 0 Å². The zero-order chi connectivity index (χ0) is 41.0. The van der Waals surface area contributed by atoms with Crippen molar-refractivity contribution in [2.45, 2.75) is 0 Å². The van der Waals surface area contributed by atoms with Crippen molar-refractivity contribution in [1.29, 1.82) is 0 Å². The summed E-state index contributed by atoms with van der Waals surface area (Å²) in [5.41, 5.74) is 14.0. The molecule has 0 spiro atoms. The van der Waals surface area contributed by atoms with E-state index < -0.39 is 0 Å². The van der Waals surface area contributed by atoms with Crippen LogP contribution in [0.5, 0.6) is 0 Å². The first-order valence-corrected chi connectivity index (χ1v) is 21.3. The van der Waals surface area contributed by atoms with Crippen molar-refractivity contribution in [2.24, 2.45) is 0 Å². The van der Waals surface area contributed by atoms with Gasteiger partial charge in [0.05, 0.1) is 16.7 Å². The monoisotopic (exact) mass is 788 g/mol. The molecule has 0 N–H and O–H groups in total. The lowest BCUT2D eigenvalue weighted by Crippen LogP contribution is -2.10. The number of para-hydroxylation sites is 2. The van der Waals surface area contributed by atoms with E-state index in [1.165, 1.54) is 81.9 Å². The van der Waals surface area contributed by atoms with Gasteiger partial charge in [0.2, 0.25) is 0 Å². The molecule has 290 valence electrons. The van der Waals surface area contributed by atoms with Crippen molar-refractivity contribution >= 4 is 71.2 Å². The van der Waals surface area contributed by atoms with E-state index in [1.54, 1.807) is 0 Å². The number of nitrogens with zero attached hydrogens (tertiary/aromatic N) is 2. The largest absolute Gasteiger partial charge is 0.310 e. The Kier molecular flexibility index (Phi) is 8.53. The van der Waals surface area contributed by atoms with Gasteiger partial charge in [0, 0.05) is 33.4 Å². The fourth-order valence-corrected chi connectivity index (χ4v) is 9.66. The zero-order valence-electron chi connectivity index (χ0n) is 34.0. The summed E-state index contributed by atoms with van der Waals surface area (Å²) in [6, 6.07) is 88.4. The van der Waals surface area contributed by atoms with Crippen LogP contribution in [0.25, 0.3) is 93.2 Å². The van der Waals surface area contributed by atoms with E-state index in [0.29, 0.717) is 0 Å². The summed E-state index contributed by atoms with van der Waals surface area (Å²) in [7, 11) is 0. The summed E-state index contributed by atoms with van der Waals surface area (Å²) in [6.45, 7) is 0. The maximum Gasteiger partial charge on any atom is 0.0547 e. The Bertz CT molecular complexity index is 3570. The molecule has 0 unspecified atom stereocenters. The molecule has 0 amide bonds. The second-order valence-corrected chi connectivity index (χ2v) is 16.1. The summed E-state index contributed by atoms with van der Waals surface area (Å²) in [6.07, 6.45) is 0. The molecule has 12 rings (SSSR count). The van der Waals surface area contributed by atoms with Crippen LogP contribution in [-0.4, -0.2) is 4.57 Å². The first kappa shape index (κ1) is 35.7. The maximum absolute atomic E-state index is 2.45.